The molecule has 0 saturated heterocycles. The monoisotopic (exact) mass is 413 g/mol. The fourth-order valence-corrected chi connectivity index (χ4v) is 4.84. The molecule has 32 heavy (non-hydrogen) atoms. The molecule has 0 amide bonds. The molecule has 0 atom stereocenters. The van der Waals surface area contributed by atoms with Crippen molar-refractivity contribution < 1.29 is 0 Å². The van der Waals surface area contributed by atoms with Gasteiger partial charge < -0.3 is 4.57 Å². The van der Waals surface area contributed by atoms with Gasteiger partial charge in [0.2, 0.25) is 0 Å². The van der Waals surface area contributed by atoms with Crippen LogP contribution >= 0.6 is 0 Å². The van der Waals surface area contributed by atoms with Crippen LogP contribution in [0, 0.1) is 13.8 Å². The molecular weight excluding hydrogens is 390 g/mol. The zero-order chi connectivity index (χ0) is 21.7. The van der Waals surface area contributed by atoms with Crippen molar-refractivity contribution >= 4 is 21.8 Å². The van der Waals surface area contributed by atoms with Crippen LogP contribution in [0.1, 0.15) is 11.1 Å². The van der Waals surface area contributed by atoms with Gasteiger partial charge >= 0.3 is 0 Å². The van der Waals surface area contributed by atoms with Crippen molar-refractivity contribution in [1.82, 2.24) is 14.1 Å². The zero-order valence-corrected chi connectivity index (χ0v) is 18.2. The Labute approximate surface area is 187 Å². The summed E-state index contributed by atoms with van der Waals surface area (Å²) in [6, 6.07) is 32.3. The van der Waals surface area contributed by atoms with Crippen molar-refractivity contribution in [3.05, 3.63) is 115 Å². The van der Waals surface area contributed by atoms with Gasteiger partial charge in [-0.3, -0.25) is 4.57 Å². The summed E-state index contributed by atoms with van der Waals surface area (Å²) in [5, 5.41) is 2.55. The maximum absolute atomic E-state index is 4.69. The highest BCUT2D eigenvalue weighted by molar-refractivity contribution is 6.09. The number of para-hydroxylation sites is 3. The number of imidazole rings is 1. The van der Waals surface area contributed by atoms with Gasteiger partial charge in [0.25, 0.3) is 0 Å². The normalized spacial score (nSPS) is 11.4. The van der Waals surface area contributed by atoms with Gasteiger partial charge in [0.05, 0.1) is 16.7 Å². The second-order valence-corrected chi connectivity index (χ2v) is 8.28. The molecule has 154 valence electrons. The minimum atomic E-state index is 0.955. The van der Waals surface area contributed by atoms with Gasteiger partial charge in [-0.15, -0.1) is 0 Å². The molecule has 0 unspecified atom stereocenters. The van der Waals surface area contributed by atoms with E-state index in [4.69, 9.17) is 4.98 Å². The highest BCUT2D eigenvalue weighted by atomic mass is 15.1. The highest BCUT2D eigenvalue weighted by Gasteiger charge is 2.14. The zero-order valence-electron chi connectivity index (χ0n) is 18.2. The largest absolute Gasteiger partial charge is 0.309 e. The van der Waals surface area contributed by atoms with Gasteiger partial charge in [0, 0.05) is 34.4 Å². The van der Waals surface area contributed by atoms with Crippen molar-refractivity contribution in [1.29, 1.82) is 0 Å². The second-order valence-electron chi connectivity index (χ2n) is 8.28. The number of rotatable bonds is 3. The van der Waals surface area contributed by atoms with E-state index in [0.29, 0.717) is 0 Å². The molecule has 2 heterocycles. The summed E-state index contributed by atoms with van der Waals surface area (Å²) in [6.45, 7) is 4.30. The summed E-state index contributed by atoms with van der Waals surface area (Å²) in [5.74, 6) is 0.955. The predicted molar refractivity (Wildman–Crippen MR) is 133 cm³/mol. The van der Waals surface area contributed by atoms with Crippen LogP contribution in [-0.4, -0.2) is 14.1 Å². The SMILES string of the molecule is Cc1cccc(C)c1-n1ccnc1-c1ccc(-n2c3ccccc3c3ccccc32)cc1. The van der Waals surface area contributed by atoms with E-state index in [9.17, 15) is 0 Å². The molecule has 6 rings (SSSR count). The van der Waals surface area contributed by atoms with E-state index in [1.54, 1.807) is 0 Å². The molecule has 0 aliphatic heterocycles. The molecule has 0 saturated carbocycles. The van der Waals surface area contributed by atoms with Gasteiger partial charge in [0.1, 0.15) is 5.82 Å². The maximum Gasteiger partial charge on any atom is 0.144 e. The first kappa shape index (κ1) is 18.6. The Kier molecular flexibility index (Phi) is 4.22. The van der Waals surface area contributed by atoms with Gasteiger partial charge in [-0.2, -0.15) is 0 Å². The number of fused-ring (bicyclic) bond motifs is 3. The number of benzene rings is 4. The minimum absolute atomic E-state index is 0.955. The molecule has 0 aliphatic rings. The van der Waals surface area contributed by atoms with Crippen LogP contribution in [-0.2, 0) is 0 Å². The standard InChI is InChI=1S/C29H23N3/c1-20-8-7-9-21(2)28(20)31-19-18-30-29(31)22-14-16-23(17-15-22)32-26-12-5-3-10-24(26)25-11-4-6-13-27(25)32/h3-19H,1-2H3. The molecule has 4 aromatic carbocycles. The number of hydrogen-bond donors (Lipinski definition) is 0. The van der Waals surface area contributed by atoms with Crippen LogP contribution in [0.15, 0.2) is 103 Å². The second kappa shape index (κ2) is 7.24. The molecule has 0 radical (unpaired) electrons. The molecule has 6 aromatic rings. The summed E-state index contributed by atoms with van der Waals surface area (Å²) >= 11 is 0. The van der Waals surface area contributed by atoms with E-state index in [2.05, 4.69) is 114 Å². The minimum Gasteiger partial charge on any atom is -0.309 e. The number of hydrogen-bond acceptors (Lipinski definition) is 1. The third-order valence-electron chi connectivity index (χ3n) is 6.28. The molecule has 0 aliphatic carbocycles. The fourth-order valence-electron chi connectivity index (χ4n) is 4.84. The smallest absolute Gasteiger partial charge is 0.144 e. The van der Waals surface area contributed by atoms with Crippen LogP contribution in [0.25, 0.3) is 44.6 Å². The summed E-state index contributed by atoms with van der Waals surface area (Å²) in [6.07, 6.45) is 3.92. The summed E-state index contributed by atoms with van der Waals surface area (Å²) in [4.78, 5) is 4.69. The molecule has 0 fully saturated rings. The first-order valence-electron chi connectivity index (χ1n) is 10.9. The molecule has 0 bridgehead atoms. The Hall–Kier alpha value is -4.11. The Morgan fingerprint density at radius 1 is 0.625 bits per heavy atom. The van der Waals surface area contributed by atoms with Crippen LogP contribution in [0.4, 0.5) is 0 Å². The first-order valence-corrected chi connectivity index (χ1v) is 10.9. The molecule has 3 heteroatoms. The Balaban J connectivity index is 1.49. The first-order chi connectivity index (χ1) is 15.7. The van der Waals surface area contributed by atoms with Crippen LogP contribution in [0.3, 0.4) is 0 Å². The van der Waals surface area contributed by atoms with Crippen molar-refractivity contribution in [2.24, 2.45) is 0 Å². The van der Waals surface area contributed by atoms with Gasteiger partial charge in [-0.25, -0.2) is 4.98 Å². The number of aryl methyl sites for hydroxylation is 2. The fraction of sp³-hybridized carbons (Fsp3) is 0.0690. The van der Waals surface area contributed by atoms with Crippen molar-refractivity contribution in [2.75, 3.05) is 0 Å². The van der Waals surface area contributed by atoms with Gasteiger partial charge in [-0.1, -0.05) is 54.6 Å². The Morgan fingerprint density at radius 2 is 1.22 bits per heavy atom. The average molecular weight is 414 g/mol. The average Bonchev–Trinajstić information content (AvgIpc) is 3.42. The number of aromatic nitrogens is 3. The van der Waals surface area contributed by atoms with E-state index >= 15 is 0 Å². The molecule has 3 nitrogen and oxygen atoms in total. The summed E-state index contributed by atoms with van der Waals surface area (Å²) < 4.78 is 4.53. The Morgan fingerprint density at radius 3 is 1.84 bits per heavy atom. The van der Waals surface area contributed by atoms with Gasteiger partial charge in [0.15, 0.2) is 0 Å². The van der Waals surface area contributed by atoms with Gasteiger partial charge in [-0.05, 0) is 61.4 Å². The van der Waals surface area contributed by atoms with Crippen LogP contribution in [0.5, 0.6) is 0 Å². The van der Waals surface area contributed by atoms with E-state index in [1.807, 2.05) is 12.4 Å². The lowest BCUT2D eigenvalue weighted by molar-refractivity contribution is 1.03. The van der Waals surface area contributed by atoms with Crippen LogP contribution < -0.4 is 0 Å². The topological polar surface area (TPSA) is 22.8 Å². The lowest BCUT2D eigenvalue weighted by atomic mass is 10.1. The predicted octanol–water partition coefficient (Wildman–Crippen LogP) is 7.25. The lowest BCUT2D eigenvalue weighted by Gasteiger charge is -2.14. The summed E-state index contributed by atoms with van der Waals surface area (Å²) in [5.41, 5.74) is 8.37. The third kappa shape index (κ3) is 2.78. The van der Waals surface area contributed by atoms with Crippen LogP contribution in [0.2, 0.25) is 0 Å². The van der Waals surface area contributed by atoms with E-state index in [-0.39, 0.29) is 0 Å². The van der Waals surface area contributed by atoms with E-state index < -0.39 is 0 Å². The third-order valence-corrected chi connectivity index (χ3v) is 6.28. The maximum atomic E-state index is 4.69. The highest BCUT2D eigenvalue weighted by Crippen LogP contribution is 2.33. The summed E-state index contributed by atoms with van der Waals surface area (Å²) in [7, 11) is 0. The molecular formula is C29H23N3. The quantitative estimate of drug-likeness (QED) is 0.299. The van der Waals surface area contributed by atoms with Crippen molar-refractivity contribution in [2.45, 2.75) is 13.8 Å². The van der Waals surface area contributed by atoms with E-state index in [1.165, 1.54) is 38.6 Å². The van der Waals surface area contributed by atoms with Crippen molar-refractivity contribution in [3.63, 3.8) is 0 Å². The molecule has 0 N–H and O–H groups in total. The molecule has 0 spiro atoms. The van der Waals surface area contributed by atoms with Crippen molar-refractivity contribution in [3.8, 4) is 22.8 Å². The Bertz CT molecular complexity index is 1510. The lowest BCUT2D eigenvalue weighted by Crippen LogP contribution is -2.01. The number of nitrogens with zero attached hydrogens (tertiary/aromatic N) is 3. The van der Waals surface area contributed by atoms with E-state index in [0.717, 1.165) is 17.1 Å². The molecule has 2 aromatic heterocycles.